The third-order valence-electron chi connectivity index (χ3n) is 3.77. The van der Waals surface area contributed by atoms with E-state index in [1.54, 1.807) is 6.07 Å². The summed E-state index contributed by atoms with van der Waals surface area (Å²) in [5, 5.41) is 9.10. The van der Waals surface area contributed by atoms with Crippen molar-refractivity contribution in [1.29, 1.82) is 0 Å². The molecule has 1 N–H and O–H groups in total. The van der Waals surface area contributed by atoms with Gasteiger partial charge in [-0.25, -0.2) is 4.79 Å². The number of halogens is 4. The molecule has 0 aromatic heterocycles. The molecular weight excluding hydrogens is 345 g/mol. The molecule has 1 aliphatic heterocycles. The van der Waals surface area contributed by atoms with Crippen molar-refractivity contribution in [2.45, 2.75) is 51.8 Å². The molecule has 1 aromatic rings. The summed E-state index contributed by atoms with van der Waals surface area (Å²) in [6, 6.07) is 3.51. The lowest BCUT2D eigenvalue weighted by Gasteiger charge is -2.32. The Labute approximate surface area is 144 Å². The summed E-state index contributed by atoms with van der Waals surface area (Å²) in [7, 11) is 0. The van der Waals surface area contributed by atoms with Gasteiger partial charge in [-0.15, -0.1) is 12.4 Å². The molecule has 1 aromatic carbocycles. The third-order valence-corrected chi connectivity index (χ3v) is 3.77. The second-order valence-corrected chi connectivity index (χ2v) is 6.61. The Balaban J connectivity index is 0.00000288. The summed E-state index contributed by atoms with van der Waals surface area (Å²) >= 11 is 0. The van der Waals surface area contributed by atoms with Crippen LogP contribution in [0.4, 0.5) is 13.2 Å². The second-order valence-electron chi connectivity index (χ2n) is 6.61. The molecule has 0 aliphatic carbocycles. The van der Waals surface area contributed by atoms with Crippen molar-refractivity contribution >= 4 is 24.5 Å². The van der Waals surface area contributed by atoms with Crippen molar-refractivity contribution in [3.63, 3.8) is 0 Å². The lowest BCUT2D eigenvalue weighted by Crippen LogP contribution is -2.41. The number of alkyl halides is 3. The summed E-state index contributed by atoms with van der Waals surface area (Å²) < 4.78 is 44.7. The molecule has 0 spiro atoms. The van der Waals surface area contributed by atoms with Crippen LogP contribution in [-0.4, -0.2) is 23.4 Å². The van der Waals surface area contributed by atoms with Crippen LogP contribution in [0.15, 0.2) is 17.7 Å². The zero-order chi connectivity index (χ0) is 17.6. The number of aliphatic carboxylic acids is 1. The standard InChI is InChI=1S/C17H19F3O3.ClH/c1-5-9-6-10-8-11(15(21)22)14(17(18,19)20)23-13(10)12(7-9)16(2,3)4;/h6-8,14H,5H2,1-4H3,(H,21,22);1H. The van der Waals surface area contributed by atoms with Gasteiger partial charge in [-0.2, -0.15) is 13.2 Å². The number of aryl methyl sites for hydroxylation is 1. The van der Waals surface area contributed by atoms with E-state index in [0.29, 0.717) is 17.5 Å². The van der Waals surface area contributed by atoms with Gasteiger partial charge in [-0.1, -0.05) is 33.8 Å². The third kappa shape index (κ3) is 3.86. The smallest absolute Gasteiger partial charge is 0.430 e. The molecule has 0 saturated heterocycles. The number of hydrogen-bond acceptors (Lipinski definition) is 2. The van der Waals surface area contributed by atoms with Gasteiger partial charge < -0.3 is 9.84 Å². The van der Waals surface area contributed by atoms with Gasteiger partial charge in [0.2, 0.25) is 6.10 Å². The highest BCUT2D eigenvalue weighted by Crippen LogP contribution is 2.43. The van der Waals surface area contributed by atoms with Gasteiger partial charge >= 0.3 is 12.1 Å². The van der Waals surface area contributed by atoms with Crippen LogP contribution in [0.25, 0.3) is 6.08 Å². The molecule has 134 valence electrons. The maximum atomic E-state index is 13.2. The van der Waals surface area contributed by atoms with Crippen LogP contribution in [0.5, 0.6) is 5.75 Å². The van der Waals surface area contributed by atoms with E-state index in [9.17, 15) is 18.0 Å². The fraction of sp³-hybridized carbons (Fsp3) is 0.471. The average Bonchev–Trinajstić information content (AvgIpc) is 2.42. The summed E-state index contributed by atoms with van der Waals surface area (Å²) in [6.07, 6.45) is -5.48. The number of fused-ring (bicyclic) bond motifs is 1. The van der Waals surface area contributed by atoms with E-state index in [1.807, 2.05) is 33.8 Å². The molecule has 1 unspecified atom stereocenters. The van der Waals surface area contributed by atoms with Crippen molar-refractivity contribution in [1.82, 2.24) is 0 Å². The molecule has 1 atom stereocenters. The summed E-state index contributed by atoms with van der Waals surface area (Å²) in [6.45, 7) is 7.57. The molecule has 2 rings (SSSR count). The van der Waals surface area contributed by atoms with Crippen LogP contribution in [0.1, 0.15) is 44.4 Å². The first-order valence-electron chi connectivity index (χ1n) is 7.30. The van der Waals surface area contributed by atoms with Crippen molar-refractivity contribution in [2.75, 3.05) is 0 Å². The van der Waals surface area contributed by atoms with E-state index in [4.69, 9.17) is 9.84 Å². The zero-order valence-corrected chi connectivity index (χ0v) is 14.6. The summed E-state index contributed by atoms with van der Waals surface area (Å²) in [5.41, 5.74) is 0.718. The highest BCUT2D eigenvalue weighted by Gasteiger charge is 2.49. The number of carboxylic acids is 1. The maximum absolute atomic E-state index is 13.2. The van der Waals surface area contributed by atoms with Crippen LogP contribution in [0, 0.1) is 0 Å². The van der Waals surface area contributed by atoms with E-state index in [2.05, 4.69) is 0 Å². The van der Waals surface area contributed by atoms with E-state index in [0.717, 1.165) is 11.6 Å². The van der Waals surface area contributed by atoms with Gasteiger partial charge in [0.15, 0.2) is 0 Å². The number of carbonyl (C=O) groups is 1. The first-order valence-corrected chi connectivity index (χ1v) is 7.30. The van der Waals surface area contributed by atoms with Crippen LogP contribution in [-0.2, 0) is 16.6 Å². The fourth-order valence-electron chi connectivity index (χ4n) is 2.55. The van der Waals surface area contributed by atoms with Crippen molar-refractivity contribution in [2.24, 2.45) is 0 Å². The van der Waals surface area contributed by atoms with Crippen molar-refractivity contribution in [3.05, 3.63) is 34.4 Å². The Kier molecular flexibility index (Phi) is 5.65. The number of hydrogen-bond donors (Lipinski definition) is 1. The molecule has 24 heavy (non-hydrogen) atoms. The second kappa shape index (κ2) is 6.67. The Morgan fingerprint density at radius 2 is 1.83 bits per heavy atom. The molecule has 0 amide bonds. The van der Waals surface area contributed by atoms with Gasteiger partial charge in [-0.3, -0.25) is 0 Å². The van der Waals surface area contributed by atoms with Gasteiger partial charge in [-0.05, 0) is 29.5 Å². The molecular formula is C17H20ClF3O3. The minimum Gasteiger partial charge on any atom is -0.478 e. The Hall–Kier alpha value is -1.69. The lowest BCUT2D eigenvalue weighted by molar-refractivity contribution is -0.187. The average molecular weight is 365 g/mol. The Morgan fingerprint density at radius 3 is 2.25 bits per heavy atom. The molecule has 0 fully saturated rings. The predicted octanol–water partition coefficient (Wildman–Crippen LogP) is 4.76. The molecule has 0 bridgehead atoms. The Bertz CT molecular complexity index is 673. The summed E-state index contributed by atoms with van der Waals surface area (Å²) in [4.78, 5) is 11.2. The highest BCUT2D eigenvalue weighted by molar-refractivity contribution is 5.95. The van der Waals surface area contributed by atoms with Crippen molar-refractivity contribution in [3.8, 4) is 5.75 Å². The molecule has 1 heterocycles. The predicted molar refractivity (Wildman–Crippen MR) is 87.9 cm³/mol. The largest absolute Gasteiger partial charge is 0.478 e. The molecule has 0 radical (unpaired) electrons. The minimum absolute atomic E-state index is 0. The van der Waals surface area contributed by atoms with Gasteiger partial charge in [0, 0.05) is 11.1 Å². The van der Waals surface area contributed by atoms with Crippen LogP contribution in [0.3, 0.4) is 0 Å². The zero-order valence-electron chi connectivity index (χ0n) is 13.8. The van der Waals surface area contributed by atoms with Gasteiger partial charge in [0.25, 0.3) is 0 Å². The van der Waals surface area contributed by atoms with Crippen molar-refractivity contribution < 1.29 is 27.8 Å². The highest BCUT2D eigenvalue weighted by atomic mass is 35.5. The topological polar surface area (TPSA) is 46.5 Å². The molecule has 3 nitrogen and oxygen atoms in total. The first kappa shape index (κ1) is 20.4. The van der Waals surface area contributed by atoms with E-state index >= 15 is 0 Å². The molecule has 7 heteroatoms. The fourth-order valence-corrected chi connectivity index (χ4v) is 2.55. The normalized spacial score (nSPS) is 17.3. The van der Waals surface area contributed by atoms with Gasteiger partial charge in [0.05, 0.1) is 5.57 Å². The van der Waals surface area contributed by atoms with E-state index in [1.165, 1.54) is 0 Å². The SMILES string of the molecule is CCc1cc2c(c(C(C)(C)C)c1)OC(C(F)(F)F)C(C(=O)O)=C2.Cl. The summed E-state index contributed by atoms with van der Waals surface area (Å²) in [5.74, 6) is -1.51. The van der Waals surface area contributed by atoms with Gasteiger partial charge in [0.1, 0.15) is 5.75 Å². The monoisotopic (exact) mass is 364 g/mol. The first-order chi connectivity index (χ1) is 10.4. The minimum atomic E-state index is -4.79. The Morgan fingerprint density at radius 1 is 1.25 bits per heavy atom. The van der Waals surface area contributed by atoms with Crippen LogP contribution < -0.4 is 4.74 Å². The van der Waals surface area contributed by atoms with Crippen LogP contribution >= 0.6 is 12.4 Å². The number of ether oxygens (including phenoxy) is 1. The van der Waals surface area contributed by atoms with E-state index < -0.39 is 29.2 Å². The molecule has 1 aliphatic rings. The van der Waals surface area contributed by atoms with E-state index in [-0.39, 0.29) is 18.2 Å². The number of rotatable bonds is 2. The maximum Gasteiger partial charge on any atom is 0.430 e. The number of benzene rings is 1. The van der Waals surface area contributed by atoms with Crippen LogP contribution in [0.2, 0.25) is 0 Å². The molecule has 0 saturated carbocycles. The quantitative estimate of drug-likeness (QED) is 0.823. The number of carboxylic acid groups (broad SMARTS) is 1. The lowest BCUT2D eigenvalue weighted by atomic mass is 9.82.